The molecule has 1 saturated heterocycles. The zero-order chi connectivity index (χ0) is 19.3. The first-order valence-electron chi connectivity index (χ1n) is 8.63. The average Bonchev–Trinajstić information content (AvgIpc) is 3.08. The lowest BCUT2D eigenvalue weighted by Gasteiger charge is -2.48. The Hall–Kier alpha value is -1.18. The minimum absolute atomic E-state index is 0.0903. The molecule has 0 aromatic heterocycles. The number of halogens is 2. The summed E-state index contributed by atoms with van der Waals surface area (Å²) in [6, 6.07) is 0. The molecule has 0 saturated carbocycles. The van der Waals surface area contributed by atoms with Gasteiger partial charge in [-0.05, 0) is 26.2 Å². The van der Waals surface area contributed by atoms with Crippen LogP contribution in [0, 0.1) is 0 Å². The van der Waals surface area contributed by atoms with Crippen LogP contribution in [0.5, 0.6) is 0 Å². The Morgan fingerprint density at radius 2 is 2.15 bits per heavy atom. The van der Waals surface area contributed by atoms with E-state index in [1.807, 2.05) is 18.9 Å². The topological polar surface area (TPSA) is 72.9 Å². The van der Waals surface area contributed by atoms with Gasteiger partial charge in [0.15, 0.2) is 5.72 Å². The molecule has 1 spiro atoms. The van der Waals surface area contributed by atoms with Crippen molar-refractivity contribution < 1.29 is 23.9 Å². The number of ketones is 2. The van der Waals surface area contributed by atoms with Crippen LogP contribution in [-0.2, 0) is 23.9 Å². The Labute approximate surface area is 165 Å². The van der Waals surface area contributed by atoms with Gasteiger partial charge in [-0.3, -0.25) is 14.4 Å². The third kappa shape index (κ3) is 2.67. The van der Waals surface area contributed by atoms with E-state index in [1.54, 1.807) is 6.20 Å². The fourth-order valence-corrected chi connectivity index (χ4v) is 5.40. The first kappa shape index (κ1) is 19.6. The summed E-state index contributed by atoms with van der Waals surface area (Å²) in [7, 11) is 1.82. The summed E-state index contributed by atoms with van der Waals surface area (Å²) in [6.07, 6.45) is 3.93. The van der Waals surface area contributed by atoms with Crippen LogP contribution in [0.3, 0.4) is 0 Å². The number of carbonyl (C=O) groups excluding carboxylic acids is 3. The summed E-state index contributed by atoms with van der Waals surface area (Å²) in [5.74, 6) is -1.85. The molecule has 142 valence electrons. The van der Waals surface area contributed by atoms with Gasteiger partial charge in [-0.1, -0.05) is 34.5 Å². The number of nitrogens with zero attached hydrogens (tertiary/aromatic N) is 1. The number of esters is 1. The van der Waals surface area contributed by atoms with Crippen molar-refractivity contribution in [2.45, 2.75) is 55.7 Å². The summed E-state index contributed by atoms with van der Waals surface area (Å²) < 4.78 is 11.2. The molecule has 0 radical (unpaired) electrons. The summed E-state index contributed by atoms with van der Waals surface area (Å²) >= 11 is 10.00. The molecule has 1 aliphatic carbocycles. The maximum absolute atomic E-state index is 13.1. The molecule has 26 heavy (non-hydrogen) atoms. The van der Waals surface area contributed by atoms with Crippen LogP contribution in [0.2, 0.25) is 0 Å². The van der Waals surface area contributed by atoms with E-state index in [4.69, 9.17) is 21.1 Å². The molecule has 0 aromatic rings. The van der Waals surface area contributed by atoms with Crippen molar-refractivity contribution in [3.63, 3.8) is 0 Å². The van der Waals surface area contributed by atoms with E-state index in [0.29, 0.717) is 18.6 Å². The zero-order valence-electron chi connectivity index (χ0n) is 14.9. The first-order valence-corrected chi connectivity index (χ1v) is 9.92. The van der Waals surface area contributed by atoms with Crippen LogP contribution in [0.4, 0.5) is 0 Å². The van der Waals surface area contributed by atoms with Gasteiger partial charge in [-0.25, -0.2) is 0 Å². The van der Waals surface area contributed by atoms with Crippen molar-refractivity contribution in [3.8, 4) is 0 Å². The van der Waals surface area contributed by atoms with E-state index in [9.17, 15) is 14.4 Å². The van der Waals surface area contributed by atoms with Crippen LogP contribution in [0.1, 0.15) is 39.5 Å². The average molecular weight is 447 g/mol. The van der Waals surface area contributed by atoms with Gasteiger partial charge in [0, 0.05) is 37.4 Å². The van der Waals surface area contributed by atoms with E-state index in [2.05, 4.69) is 15.9 Å². The van der Waals surface area contributed by atoms with Crippen LogP contribution in [0.15, 0.2) is 22.4 Å². The number of Topliss-reactive ketones (excluding diaryl/α,β-unsaturated/α-hetero) is 2. The molecule has 3 aliphatic rings. The highest BCUT2D eigenvalue weighted by atomic mass is 79.9. The molecular weight excluding hydrogens is 426 g/mol. The first-order chi connectivity index (χ1) is 12.2. The van der Waals surface area contributed by atoms with E-state index in [0.717, 1.165) is 12.8 Å². The maximum atomic E-state index is 13.1. The molecule has 6 nitrogen and oxygen atoms in total. The second-order valence-electron chi connectivity index (χ2n) is 6.96. The monoisotopic (exact) mass is 445 g/mol. The quantitative estimate of drug-likeness (QED) is 0.377. The highest BCUT2D eigenvalue weighted by Gasteiger charge is 2.58. The smallest absolute Gasteiger partial charge is 0.307 e. The normalized spacial score (nSPS) is 34.3. The molecule has 2 aliphatic heterocycles. The van der Waals surface area contributed by atoms with Crippen molar-refractivity contribution in [3.05, 3.63) is 22.4 Å². The van der Waals surface area contributed by atoms with E-state index in [1.165, 1.54) is 6.92 Å². The van der Waals surface area contributed by atoms with Gasteiger partial charge in [0.1, 0.15) is 0 Å². The van der Waals surface area contributed by atoms with Crippen LogP contribution < -0.4 is 0 Å². The Kier molecular flexibility index (Phi) is 5.09. The SMILES string of the molecule is CCCC(=O)O[C@@]1(C)C(=O)C2=CN(C)[C@@]3(CCCO3)[C@@H](Br)C2=C(Cl)C1=O. The molecule has 3 atom stereocenters. The second-order valence-corrected chi connectivity index (χ2v) is 8.25. The van der Waals surface area contributed by atoms with Crippen LogP contribution >= 0.6 is 27.5 Å². The van der Waals surface area contributed by atoms with Crippen molar-refractivity contribution in [2.75, 3.05) is 13.7 Å². The molecule has 0 aromatic carbocycles. The molecular formula is C18H21BrClNO5. The number of hydrogen-bond donors (Lipinski definition) is 0. The van der Waals surface area contributed by atoms with Gasteiger partial charge >= 0.3 is 5.97 Å². The number of hydrogen-bond acceptors (Lipinski definition) is 6. The molecule has 8 heteroatoms. The van der Waals surface area contributed by atoms with E-state index in [-0.39, 0.29) is 17.0 Å². The summed E-state index contributed by atoms with van der Waals surface area (Å²) in [6.45, 7) is 3.72. The molecule has 3 rings (SSSR count). The van der Waals surface area contributed by atoms with Crippen molar-refractivity contribution >= 4 is 45.1 Å². The zero-order valence-corrected chi connectivity index (χ0v) is 17.3. The Balaban J connectivity index is 2.08. The Morgan fingerprint density at radius 1 is 1.46 bits per heavy atom. The van der Waals surface area contributed by atoms with Gasteiger partial charge in [0.05, 0.1) is 9.86 Å². The summed E-state index contributed by atoms with van der Waals surface area (Å²) in [5, 5.41) is -0.0903. The lowest BCUT2D eigenvalue weighted by Crippen LogP contribution is -2.59. The fraction of sp³-hybridized carbons (Fsp3) is 0.611. The highest BCUT2D eigenvalue weighted by Crippen LogP contribution is 2.49. The van der Waals surface area contributed by atoms with E-state index >= 15 is 0 Å². The van der Waals surface area contributed by atoms with Crippen molar-refractivity contribution in [1.82, 2.24) is 4.90 Å². The minimum atomic E-state index is -1.94. The van der Waals surface area contributed by atoms with E-state index < -0.39 is 33.7 Å². The minimum Gasteiger partial charge on any atom is -0.442 e. The predicted molar refractivity (Wildman–Crippen MR) is 98.8 cm³/mol. The molecule has 0 amide bonds. The van der Waals surface area contributed by atoms with Crippen LogP contribution in [0.25, 0.3) is 0 Å². The fourth-order valence-electron chi connectivity index (χ4n) is 3.72. The number of carbonyl (C=O) groups is 3. The molecule has 0 unspecified atom stereocenters. The Bertz CT molecular complexity index is 740. The second kappa shape index (κ2) is 6.77. The highest BCUT2D eigenvalue weighted by molar-refractivity contribution is 9.09. The molecule has 0 N–H and O–H groups in total. The number of rotatable bonds is 3. The maximum Gasteiger partial charge on any atom is 0.307 e. The summed E-state index contributed by atoms with van der Waals surface area (Å²) in [4.78, 5) is 39.4. The van der Waals surface area contributed by atoms with Gasteiger partial charge < -0.3 is 14.4 Å². The van der Waals surface area contributed by atoms with Gasteiger partial charge in [0.2, 0.25) is 17.2 Å². The third-order valence-electron chi connectivity index (χ3n) is 5.21. The number of alkyl halides is 1. The molecule has 1 fully saturated rings. The van der Waals surface area contributed by atoms with Crippen LogP contribution in [-0.4, -0.2) is 52.2 Å². The van der Waals surface area contributed by atoms with Gasteiger partial charge in [-0.15, -0.1) is 0 Å². The molecule has 2 heterocycles. The largest absolute Gasteiger partial charge is 0.442 e. The number of ether oxygens (including phenoxy) is 2. The Morgan fingerprint density at radius 3 is 2.73 bits per heavy atom. The van der Waals surface area contributed by atoms with Crippen molar-refractivity contribution in [2.24, 2.45) is 0 Å². The van der Waals surface area contributed by atoms with Crippen molar-refractivity contribution in [1.29, 1.82) is 0 Å². The van der Waals surface area contributed by atoms with Gasteiger partial charge in [0.25, 0.3) is 0 Å². The summed E-state index contributed by atoms with van der Waals surface area (Å²) in [5.41, 5.74) is -1.95. The number of fused-ring (bicyclic) bond motifs is 1. The lowest BCUT2D eigenvalue weighted by atomic mass is 9.76. The predicted octanol–water partition coefficient (Wildman–Crippen LogP) is 2.83. The lowest BCUT2D eigenvalue weighted by molar-refractivity contribution is -0.169. The van der Waals surface area contributed by atoms with Gasteiger partial charge in [-0.2, -0.15) is 0 Å². The third-order valence-corrected chi connectivity index (χ3v) is 6.76. The molecule has 0 bridgehead atoms. The standard InChI is InChI=1S/C18H21BrClNO5/c1-4-6-11(22)26-17(2)15(23)10-9-21(3)18(7-5-8-25-18)14(19)12(10)13(20)16(17)24/h9,14H,4-8H2,1-3H3/t14-,17-,18+/m0/s1.